The highest BCUT2D eigenvalue weighted by Gasteiger charge is 2.18. The Kier molecular flexibility index (Phi) is 7.07. The van der Waals surface area contributed by atoms with E-state index in [0.717, 1.165) is 5.56 Å². The molecule has 0 saturated carbocycles. The number of aryl methyl sites for hydroxylation is 1. The number of fused-ring (bicyclic) bond motifs is 1. The third kappa shape index (κ3) is 5.63. The number of carbonyl (C=O) groups is 1. The summed E-state index contributed by atoms with van der Waals surface area (Å²) in [7, 11) is 0. The maximum absolute atomic E-state index is 12.8. The van der Waals surface area contributed by atoms with Gasteiger partial charge in [-0.15, -0.1) is 0 Å². The molecule has 1 unspecified atom stereocenters. The topological polar surface area (TPSA) is 99.7 Å². The summed E-state index contributed by atoms with van der Waals surface area (Å²) < 4.78 is 14.7. The van der Waals surface area contributed by atoms with Crippen molar-refractivity contribution in [2.75, 3.05) is 5.32 Å². The molecule has 0 bridgehead atoms. The van der Waals surface area contributed by atoms with Gasteiger partial charge in [-0.25, -0.2) is 4.98 Å². The van der Waals surface area contributed by atoms with Gasteiger partial charge in [-0.2, -0.15) is 9.50 Å². The Bertz CT molecular complexity index is 1410. The number of halogens is 1. The molecule has 35 heavy (non-hydrogen) atoms. The molecule has 10 heteroatoms. The molecule has 0 aliphatic carbocycles. The Morgan fingerprint density at radius 2 is 1.86 bits per heavy atom. The van der Waals surface area contributed by atoms with E-state index in [1.54, 1.807) is 36.1 Å². The van der Waals surface area contributed by atoms with Gasteiger partial charge in [0, 0.05) is 17.1 Å². The van der Waals surface area contributed by atoms with Crippen molar-refractivity contribution in [1.29, 1.82) is 0 Å². The van der Waals surface area contributed by atoms with Crippen LogP contribution in [0.5, 0.6) is 11.5 Å². The van der Waals surface area contributed by atoms with Crippen molar-refractivity contribution in [2.24, 2.45) is 0 Å². The van der Waals surface area contributed by atoms with Gasteiger partial charge in [0.15, 0.2) is 6.10 Å². The molecule has 0 fully saturated rings. The van der Waals surface area contributed by atoms with Crippen molar-refractivity contribution < 1.29 is 14.3 Å². The summed E-state index contributed by atoms with van der Waals surface area (Å²) in [6.45, 7) is 7.54. The van der Waals surface area contributed by atoms with E-state index in [0.29, 0.717) is 27.9 Å². The van der Waals surface area contributed by atoms with Gasteiger partial charge in [-0.3, -0.25) is 14.3 Å². The summed E-state index contributed by atoms with van der Waals surface area (Å²) in [6, 6.07) is 13.8. The van der Waals surface area contributed by atoms with Gasteiger partial charge in [0.05, 0.1) is 11.4 Å². The summed E-state index contributed by atoms with van der Waals surface area (Å²) in [5, 5.41) is 3.23. The van der Waals surface area contributed by atoms with Crippen molar-refractivity contribution in [2.45, 2.75) is 46.4 Å². The van der Waals surface area contributed by atoms with Gasteiger partial charge >= 0.3 is 0 Å². The van der Waals surface area contributed by atoms with E-state index in [2.05, 4.69) is 15.3 Å². The summed E-state index contributed by atoms with van der Waals surface area (Å²) in [4.78, 5) is 34.0. The van der Waals surface area contributed by atoms with Crippen LogP contribution in [-0.2, 0) is 11.4 Å². The maximum atomic E-state index is 12.8. The maximum Gasteiger partial charge on any atom is 0.274 e. The number of benzene rings is 2. The van der Waals surface area contributed by atoms with E-state index in [4.69, 9.17) is 21.1 Å². The quantitative estimate of drug-likeness (QED) is 0.388. The first-order valence-corrected chi connectivity index (χ1v) is 11.5. The lowest BCUT2D eigenvalue weighted by atomic mass is 10.2. The Labute approximate surface area is 207 Å². The minimum atomic E-state index is -0.760. The Morgan fingerprint density at radius 3 is 2.57 bits per heavy atom. The van der Waals surface area contributed by atoms with Crippen LogP contribution in [0.25, 0.3) is 5.78 Å². The first kappa shape index (κ1) is 24.3. The Morgan fingerprint density at radius 1 is 1.11 bits per heavy atom. The first-order chi connectivity index (χ1) is 16.7. The number of carbonyl (C=O) groups excluding carboxylic acids is 1. The van der Waals surface area contributed by atoms with E-state index in [1.165, 1.54) is 10.6 Å². The van der Waals surface area contributed by atoms with Crippen molar-refractivity contribution in [3.63, 3.8) is 0 Å². The van der Waals surface area contributed by atoms with Crippen LogP contribution in [0.2, 0.25) is 5.02 Å². The summed E-state index contributed by atoms with van der Waals surface area (Å²) in [5.74, 6) is 0.889. The van der Waals surface area contributed by atoms with Gasteiger partial charge < -0.3 is 14.8 Å². The van der Waals surface area contributed by atoms with Gasteiger partial charge in [0.2, 0.25) is 0 Å². The Balaban J connectivity index is 1.48. The molecule has 1 amide bonds. The average molecular weight is 496 g/mol. The van der Waals surface area contributed by atoms with Crippen LogP contribution >= 0.6 is 11.6 Å². The number of ether oxygens (including phenoxy) is 2. The van der Waals surface area contributed by atoms with Gasteiger partial charge in [0.25, 0.3) is 17.2 Å². The second kappa shape index (κ2) is 10.2. The molecule has 0 aliphatic rings. The van der Waals surface area contributed by atoms with Crippen LogP contribution in [0.3, 0.4) is 0 Å². The lowest BCUT2D eigenvalue weighted by molar-refractivity contribution is -0.122. The monoisotopic (exact) mass is 495 g/mol. The fraction of sp³-hybridized carbons (Fsp3) is 0.280. The van der Waals surface area contributed by atoms with Crippen molar-refractivity contribution >= 4 is 29.0 Å². The largest absolute Gasteiger partial charge is 0.485 e. The van der Waals surface area contributed by atoms with E-state index in [1.807, 2.05) is 45.0 Å². The third-order valence-electron chi connectivity index (χ3n) is 5.26. The normalized spacial score (nSPS) is 12.1. The van der Waals surface area contributed by atoms with Crippen LogP contribution in [0, 0.1) is 6.92 Å². The minimum Gasteiger partial charge on any atom is -0.485 e. The lowest BCUT2D eigenvalue weighted by Crippen LogP contribution is -2.30. The Hall–Kier alpha value is -3.85. The average Bonchev–Trinajstić information content (AvgIpc) is 3.25. The molecule has 2 aromatic heterocycles. The second-order valence-electron chi connectivity index (χ2n) is 8.41. The van der Waals surface area contributed by atoms with Crippen molar-refractivity contribution in [3.8, 4) is 11.5 Å². The number of rotatable bonds is 8. The van der Waals surface area contributed by atoms with E-state index in [-0.39, 0.29) is 29.9 Å². The molecular formula is C25H26ClN5O4. The van der Waals surface area contributed by atoms with Gasteiger partial charge in [0.1, 0.15) is 24.4 Å². The molecule has 0 spiro atoms. The van der Waals surface area contributed by atoms with Crippen molar-refractivity contribution in [1.82, 2.24) is 19.2 Å². The number of nitrogens with zero attached hydrogens (tertiary/aromatic N) is 4. The standard InChI is InChI=1S/C25H26ClN5O4/c1-15(2)30-14-27-25-28-19(12-23(32)31(25)30)13-34-22-10-7-18(26)11-21(22)29-24(33)17(4)35-20-8-5-16(3)6-9-20/h5-12,14-15,17H,13H2,1-4H3,(H,29,33). The fourth-order valence-corrected chi connectivity index (χ4v) is 3.57. The fourth-order valence-electron chi connectivity index (χ4n) is 3.40. The van der Waals surface area contributed by atoms with Crippen LogP contribution in [0.1, 0.15) is 38.1 Å². The highest BCUT2D eigenvalue weighted by Crippen LogP contribution is 2.29. The molecule has 2 aromatic carbocycles. The molecule has 9 nitrogen and oxygen atoms in total. The lowest BCUT2D eigenvalue weighted by Gasteiger charge is -2.17. The predicted octanol–water partition coefficient (Wildman–Crippen LogP) is 4.42. The third-order valence-corrected chi connectivity index (χ3v) is 5.50. The number of hydrogen-bond donors (Lipinski definition) is 1. The number of amides is 1. The molecule has 182 valence electrons. The van der Waals surface area contributed by atoms with E-state index < -0.39 is 6.10 Å². The number of aromatic nitrogens is 4. The molecule has 0 saturated heterocycles. The molecule has 0 aliphatic heterocycles. The summed E-state index contributed by atoms with van der Waals surface area (Å²) in [6.07, 6.45) is 0.816. The van der Waals surface area contributed by atoms with Crippen molar-refractivity contribution in [3.05, 3.63) is 81.5 Å². The van der Waals surface area contributed by atoms with Crippen LogP contribution in [-0.4, -0.2) is 31.2 Å². The molecule has 1 N–H and O–H groups in total. The highest BCUT2D eigenvalue weighted by molar-refractivity contribution is 6.31. The zero-order valence-corrected chi connectivity index (χ0v) is 20.6. The summed E-state index contributed by atoms with van der Waals surface area (Å²) >= 11 is 6.15. The minimum absolute atomic E-state index is 0.000200. The van der Waals surface area contributed by atoms with Gasteiger partial charge in [-0.05, 0) is 58.0 Å². The zero-order valence-electron chi connectivity index (χ0n) is 19.9. The van der Waals surface area contributed by atoms with Crippen LogP contribution in [0.15, 0.2) is 59.7 Å². The van der Waals surface area contributed by atoms with E-state index in [9.17, 15) is 9.59 Å². The molecular weight excluding hydrogens is 470 g/mol. The number of anilines is 1. The van der Waals surface area contributed by atoms with Crippen LogP contribution in [0.4, 0.5) is 5.69 Å². The second-order valence-corrected chi connectivity index (χ2v) is 8.84. The highest BCUT2D eigenvalue weighted by atomic mass is 35.5. The van der Waals surface area contributed by atoms with Crippen LogP contribution < -0.4 is 20.3 Å². The first-order valence-electron chi connectivity index (χ1n) is 11.1. The SMILES string of the molecule is Cc1ccc(OC(C)C(=O)Nc2cc(Cl)ccc2OCc2cc(=O)n3c(ncn3C(C)C)n2)cc1. The molecule has 4 rings (SSSR count). The van der Waals surface area contributed by atoms with E-state index >= 15 is 0 Å². The molecule has 0 radical (unpaired) electrons. The molecule has 2 heterocycles. The number of nitrogens with one attached hydrogen (secondary N) is 1. The smallest absolute Gasteiger partial charge is 0.274 e. The van der Waals surface area contributed by atoms with Gasteiger partial charge in [-0.1, -0.05) is 29.3 Å². The predicted molar refractivity (Wildman–Crippen MR) is 133 cm³/mol. The number of hydrogen-bond acceptors (Lipinski definition) is 6. The summed E-state index contributed by atoms with van der Waals surface area (Å²) in [5.41, 5.74) is 1.63. The molecule has 4 aromatic rings. The molecule has 1 atom stereocenters. The zero-order chi connectivity index (χ0) is 25.1.